The normalized spacial score (nSPS) is 17.5. The highest BCUT2D eigenvalue weighted by Gasteiger charge is 2.40. The molecule has 0 amide bonds. The van der Waals surface area contributed by atoms with E-state index in [4.69, 9.17) is 9.47 Å². The van der Waals surface area contributed by atoms with Gasteiger partial charge >= 0.3 is 0 Å². The highest BCUT2D eigenvalue weighted by Crippen LogP contribution is 2.43. The third kappa shape index (κ3) is 5.36. The van der Waals surface area contributed by atoms with E-state index >= 15 is 0 Å². The Labute approximate surface area is 214 Å². The maximum absolute atomic E-state index is 13.6. The van der Waals surface area contributed by atoms with Crippen LogP contribution in [0.25, 0.3) is 11.1 Å². The van der Waals surface area contributed by atoms with Gasteiger partial charge in [0.15, 0.2) is 0 Å². The van der Waals surface area contributed by atoms with Crippen molar-refractivity contribution in [2.45, 2.75) is 39.7 Å². The summed E-state index contributed by atoms with van der Waals surface area (Å²) in [5.41, 5.74) is 4.78. The van der Waals surface area contributed by atoms with E-state index in [2.05, 4.69) is 52.3 Å². The molecule has 0 N–H and O–H groups in total. The van der Waals surface area contributed by atoms with Crippen molar-refractivity contribution in [3.05, 3.63) is 78.1 Å². The quantitative estimate of drug-likeness (QED) is 0.349. The second-order valence-electron chi connectivity index (χ2n) is 10.1. The molecule has 0 aliphatic carbocycles. The van der Waals surface area contributed by atoms with Crippen LogP contribution in [0, 0.1) is 11.2 Å². The first-order chi connectivity index (χ1) is 17.6. The Morgan fingerprint density at radius 1 is 0.806 bits per heavy atom. The van der Waals surface area contributed by atoms with Gasteiger partial charge in [-0.25, -0.2) is 4.39 Å². The van der Waals surface area contributed by atoms with E-state index in [0.717, 1.165) is 48.8 Å². The summed E-state index contributed by atoms with van der Waals surface area (Å²) in [6.07, 6.45) is 3.76. The molecular weight excluding hydrogens is 451 g/mol. The van der Waals surface area contributed by atoms with Crippen molar-refractivity contribution in [2.24, 2.45) is 5.41 Å². The number of rotatable bonds is 8. The number of likely N-dealkylation sites (tertiary alicyclic amines) is 1. The standard InChI is InChI=1S/C31H37FN2O2/c1-3-35-28-20-24(21-29(36-4-2)30(28)25-10-12-26(32)13-11-25)22-33-17-14-31(15-18-33)16-19-34(23-31)27-8-6-5-7-9-27/h5-13,20-21H,3-4,14-19,22-23H2,1-2H3. The maximum Gasteiger partial charge on any atom is 0.131 e. The molecule has 1 spiro atoms. The van der Waals surface area contributed by atoms with Crippen molar-refractivity contribution >= 4 is 5.69 Å². The first-order valence-corrected chi connectivity index (χ1v) is 13.3. The molecule has 2 aliphatic rings. The van der Waals surface area contributed by atoms with Crippen molar-refractivity contribution in [2.75, 3.05) is 44.3 Å². The summed E-state index contributed by atoms with van der Waals surface area (Å²) in [6.45, 7) is 10.5. The van der Waals surface area contributed by atoms with Crippen molar-refractivity contribution < 1.29 is 13.9 Å². The summed E-state index contributed by atoms with van der Waals surface area (Å²) in [7, 11) is 0. The zero-order chi connectivity index (χ0) is 25.0. The average molecular weight is 489 g/mol. The van der Waals surface area contributed by atoms with E-state index in [9.17, 15) is 4.39 Å². The van der Waals surface area contributed by atoms with Crippen LogP contribution in [0.3, 0.4) is 0 Å². The van der Waals surface area contributed by atoms with E-state index in [1.807, 2.05) is 13.8 Å². The van der Waals surface area contributed by atoms with E-state index < -0.39 is 0 Å². The van der Waals surface area contributed by atoms with Crippen LogP contribution in [0.15, 0.2) is 66.7 Å². The number of piperidine rings is 1. The van der Waals surface area contributed by atoms with Crippen LogP contribution in [-0.4, -0.2) is 44.3 Å². The first kappa shape index (κ1) is 24.6. The molecule has 36 heavy (non-hydrogen) atoms. The third-order valence-corrected chi connectivity index (χ3v) is 7.74. The Morgan fingerprint density at radius 3 is 2.03 bits per heavy atom. The lowest BCUT2D eigenvalue weighted by atomic mass is 9.77. The summed E-state index contributed by atoms with van der Waals surface area (Å²) in [5, 5.41) is 0. The van der Waals surface area contributed by atoms with Gasteiger partial charge in [0.05, 0.1) is 18.8 Å². The number of nitrogens with zero attached hydrogens (tertiary/aromatic N) is 2. The Morgan fingerprint density at radius 2 is 1.42 bits per heavy atom. The topological polar surface area (TPSA) is 24.9 Å². The maximum atomic E-state index is 13.6. The molecule has 0 unspecified atom stereocenters. The van der Waals surface area contributed by atoms with Crippen molar-refractivity contribution in [1.29, 1.82) is 0 Å². The van der Waals surface area contributed by atoms with Gasteiger partial charge in [-0.05, 0) is 99.1 Å². The monoisotopic (exact) mass is 488 g/mol. The van der Waals surface area contributed by atoms with Crippen LogP contribution in [0.5, 0.6) is 11.5 Å². The van der Waals surface area contributed by atoms with Crippen molar-refractivity contribution in [1.82, 2.24) is 4.90 Å². The second kappa shape index (κ2) is 10.9. The fourth-order valence-corrected chi connectivity index (χ4v) is 5.82. The van der Waals surface area contributed by atoms with Gasteiger partial charge in [0, 0.05) is 25.3 Å². The highest BCUT2D eigenvalue weighted by molar-refractivity contribution is 5.77. The molecule has 4 nitrogen and oxygen atoms in total. The van der Waals surface area contributed by atoms with Crippen LogP contribution in [0.2, 0.25) is 0 Å². The van der Waals surface area contributed by atoms with Gasteiger partial charge in [0.1, 0.15) is 17.3 Å². The van der Waals surface area contributed by atoms with E-state index in [-0.39, 0.29) is 5.82 Å². The Bertz CT molecular complexity index is 1110. The molecule has 190 valence electrons. The number of anilines is 1. The SMILES string of the molecule is CCOc1cc(CN2CCC3(CC2)CCN(c2ccccc2)C3)cc(OCC)c1-c1ccc(F)cc1. The Balaban J connectivity index is 1.30. The minimum Gasteiger partial charge on any atom is -0.493 e. The molecule has 2 heterocycles. The number of benzene rings is 3. The molecular formula is C31H37FN2O2. The zero-order valence-corrected chi connectivity index (χ0v) is 21.5. The Kier molecular flexibility index (Phi) is 7.47. The first-order valence-electron chi connectivity index (χ1n) is 13.3. The van der Waals surface area contributed by atoms with E-state index in [1.165, 1.54) is 49.2 Å². The Hall–Kier alpha value is -3.05. The number of para-hydroxylation sites is 1. The third-order valence-electron chi connectivity index (χ3n) is 7.74. The second-order valence-corrected chi connectivity index (χ2v) is 10.1. The fraction of sp³-hybridized carbons (Fsp3) is 0.419. The summed E-state index contributed by atoms with van der Waals surface area (Å²) < 4.78 is 25.7. The molecule has 0 saturated carbocycles. The molecule has 0 atom stereocenters. The minimum absolute atomic E-state index is 0.247. The lowest BCUT2D eigenvalue weighted by molar-refractivity contribution is 0.115. The van der Waals surface area contributed by atoms with Gasteiger partial charge < -0.3 is 14.4 Å². The summed E-state index contributed by atoms with van der Waals surface area (Å²) >= 11 is 0. The summed E-state index contributed by atoms with van der Waals surface area (Å²) in [6, 6.07) is 21.7. The van der Waals surface area contributed by atoms with Crippen LogP contribution < -0.4 is 14.4 Å². The predicted octanol–water partition coefficient (Wildman–Crippen LogP) is 6.78. The van der Waals surface area contributed by atoms with Gasteiger partial charge in [-0.3, -0.25) is 4.90 Å². The van der Waals surface area contributed by atoms with Crippen LogP contribution >= 0.6 is 0 Å². The van der Waals surface area contributed by atoms with Gasteiger partial charge in [0.25, 0.3) is 0 Å². The highest BCUT2D eigenvalue weighted by atomic mass is 19.1. The van der Waals surface area contributed by atoms with Crippen LogP contribution in [0.1, 0.15) is 38.7 Å². The van der Waals surface area contributed by atoms with Crippen LogP contribution in [0.4, 0.5) is 10.1 Å². The minimum atomic E-state index is -0.247. The van der Waals surface area contributed by atoms with Crippen LogP contribution in [-0.2, 0) is 6.54 Å². The molecule has 2 saturated heterocycles. The van der Waals surface area contributed by atoms with Crippen molar-refractivity contribution in [3.8, 4) is 22.6 Å². The van der Waals surface area contributed by atoms with Gasteiger partial charge in [-0.15, -0.1) is 0 Å². The molecule has 0 aromatic heterocycles. The molecule has 2 fully saturated rings. The molecule has 2 aliphatic heterocycles. The average Bonchev–Trinajstić information content (AvgIpc) is 3.31. The zero-order valence-electron chi connectivity index (χ0n) is 21.5. The van der Waals surface area contributed by atoms with Crippen molar-refractivity contribution in [3.63, 3.8) is 0 Å². The molecule has 5 heteroatoms. The van der Waals surface area contributed by atoms with Gasteiger partial charge in [0.2, 0.25) is 0 Å². The number of ether oxygens (including phenoxy) is 2. The van der Waals surface area contributed by atoms with E-state index in [0.29, 0.717) is 18.6 Å². The number of halogens is 1. The molecule has 5 rings (SSSR count). The summed E-state index contributed by atoms with van der Waals surface area (Å²) in [5.74, 6) is 1.35. The predicted molar refractivity (Wildman–Crippen MR) is 144 cm³/mol. The number of hydrogen-bond acceptors (Lipinski definition) is 4. The lowest BCUT2D eigenvalue weighted by Crippen LogP contribution is -2.41. The molecule has 3 aromatic rings. The molecule has 0 bridgehead atoms. The largest absolute Gasteiger partial charge is 0.493 e. The fourth-order valence-electron chi connectivity index (χ4n) is 5.82. The lowest BCUT2D eigenvalue weighted by Gasteiger charge is -2.39. The smallest absolute Gasteiger partial charge is 0.131 e. The molecule has 3 aromatic carbocycles. The number of hydrogen-bond donors (Lipinski definition) is 0. The van der Waals surface area contributed by atoms with Gasteiger partial charge in [-0.1, -0.05) is 30.3 Å². The van der Waals surface area contributed by atoms with Gasteiger partial charge in [-0.2, -0.15) is 0 Å². The molecule has 0 radical (unpaired) electrons. The summed E-state index contributed by atoms with van der Waals surface area (Å²) in [4.78, 5) is 5.13. The van der Waals surface area contributed by atoms with E-state index in [1.54, 1.807) is 12.1 Å².